The lowest BCUT2D eigenvalue weighted by molar-refractivity contribution is -0.144. The zero-order chi connectivity index (χ0) is 11.8. The van der Waals surface area contributed by atoms with Gasteiger partial charge in [-0.1, -0.05) is 12.1 Å². The number of esters is 1. The van der Waals surface area contributed by atoms with E-state index in [0.717, 1.165) is 6.54 Å². The van der Waals surface area contributed by atoms with Crippen molar-refractivity contribution in [3.63, 3.8) is 0 Å². The van der Waals surface area contributed by atoms with E-state index < -0.39 is 0 Å². The predicted octanol–water partition coefficient (Wildman–Crippen LogP) is 2.30. The molecule has 0 amide bonds. The minimum Gasteiger partial charge on any atom is -0.465 e. The summed E-state index contributed by atoms with van der Waals surface area (Å²) in [6, 6.07) is 4.07. The maximum Gasteiger partial charge on any atom is 0.320 e. The lowest BCUT2D eigenvalue weighted by Gasteiger charge is -2.18. The van der Waals surface area contributed by atoms with Crippen molar-refractivity contribution >= 4 is 17.3 Å². The topological polar surface area (TPSA) is 29.5 Å². The van der Waals surface area contributed by atoms with Gasteiger partial charge in [-0.3, -0.25) is 9.69 Å². The van der Waals surface area contributed by atoms with Gasteiger partial charge >= 0.3 is 5.97 Å². The Kier molecular flexibility index (Phi) is 5.82. The Bertz CT molecular complexity index is 322. The average Bonchev–Trinajstić information content (AvgIpc) is 2.71. The van der Waals surface area contributed by atoms with E-state index in [2.05, 4.69) is 12.6 Å². The molecule has 0 aliphatic rings. The van der Waals surface area contributed by atoms with Gasteiger partial charge in [0.1, 0.15) is 0 Å². The monoisotopic (exact) mass is 239 g/mol. The first-order chi connectivity index (χ1) is 7.76. The Morgan fingerprint density at radius 2 is 2.50 bits per heavy atom. The Morgan fingerprint density at radius 3 is 3.06 bits per heavy atom. The molecule has 1 rings (SSSR count). The van der Waals surface area contributed by atoms with Gasteiger partial charge in [-0.15, -0.1) is 17.9 Å². The second-order valence-electron chi connectivity index (χ2n) is 3.34. The van der Waals surface area contributed by atoms with Gasteiger partial charge in [-0.05, 0) is 18.4 Å². The van der Waals surface area contributed by atoms with Crippen molar-refractivity contribution in [2.24, 2.45) is 0 Å². The van der Waals surface area contributed by atoms with Crippen molar-refractivity contribution in [3.8, 4) is 0 Å². The first-order valence-corrected chi connectivity index (χ1v) is 6.15. The van der Waals surface area contributed by atoms with Crippen LogP contribution in [-0.4, -0.2) is 30.6 Å². The van der Waals surface area contributed by atoms with E-state index in [1.54, 1.807) is 17.4 Å². The number of rotatable bonds is 7. The van der Waals surface area contributed by atoms with Crippen molar-refractivity contribution in [2.45, 2.75) is 13.5 Å². The molecule has 16 heavy (non-hydrogen) atoms. The number of thiophene rings is 1. The normalized spacial score (nSPS) is 10.4. The molecule has 88 valence electrons. The van der Waals surface area contributed by atoms with Crippen molar-refractivity contribution in [1.29, 1.82) is 0 Å². The SMILES string of the molecule is C=CCN(CC(=O)OCC)Cc1cccs1. The molecule has 0 saturated carbocycles. The fraction of sp³-hybridized carbons (Fsp3) is 0.417. The maximum absolute atomic E-state index is 11.4. The number of hydrogen-bond donors (Lipinski definition) is 0. The standard InChI is InChI=1S/C12H17NO2S/c1-3-7-13(10-12(14)15-4-2)9-11-6-5-8-16-11/h3,5-6,8H,1,4,7,9-10H2,2H3. The highest BCUT2D eigenvalue weighted by molar-refractivity contribution is 7.09. The van der Waals surface area contributed by atoms with E-state index in [0.29, 0.717) is 19.7 Å². The smallest absolute Gasteiger partial charge is 0.320 e. The van der Waals surface area contributed by atoms with Crippen LogP contribution in [-0.2, 0) is 16.1 Å². The lowest BCUT2D eigenvalue weighted by atomic mass is 10.4. The van der Waals surface area contributed by atoms with Crippen LogP contribution < -0.4 is 0 Å². The van der Waals surface area contributed by atoms with Gasteiger partial charge in [0.15, 0.2) is 0 Å². The third kappa shape index (κ3) is 4.59. The molecule has 0 aliphatic carbocycles. The van der Waals surface area contributed by atoms with Crippen LogP contribution in [0.3, 0.4) is 0 Å². The van der Waals surface area contributed by atoms with E-state index in [-0.39, 0.29) is 5.97 Å². The van der Waals surface area contributed by atoms with Crippen LogP contribution in [0.2, 0.25) is 0 Å². The number of hydrogen-bond acceptors (Lipinski definition) is 4. The van der Waals surface area contributed by atoms with Crippen LogP contribution in [0.4, 0.5) is 0 Å². The van der Waals surface area contributed by atoms with Gasteiger partial charge in [-0.2, -0.15) is 0 Å². The Hall–Kier alpha value is -1.13. The van der Waals surface area contributed by atoms with Crippen LogP contribution in [0.1, 0.15) is 11.8 Å². The summed E-state index contributed by atoms with van der Waals surface area (Å²) in [4.78, 5) is 14.6. The highest BCUT2D eigenvalue weighted by atomic mass is 32.1. The van der Waals surface area contributed by atoms with Crippen molar-refractivity contribution < 1.29 is 9.53 Å². The summed E-state index contributed by atoms with van der Waals surface area (Å²) in [5.41, 5.74) is 0. The largest absolute Gasteiger partial charge is 0.465 e. The van der Waals surface area contributed by atoms with Gasteiger partial charge in [0.25, 0.3) is 0 Å². The first-order valence-electron chi connectivity index (χ1n) is 5.27. The van der Waals surface area contributed by atoms with E-state index in [9.17, 15) is 4.79 Å². The quantitative estimate of drug-likeness (QED) is 0.540. The van der Waals surface area contributed by atoms with Gasteiger partial charge < -0.3 is 4.74 Å². The predicted molar refractivity (Wildman–Crippen MR) is 66.4 cm³/mol. The molecule has 0 bridgehead atoms. The molecule has 0 N–H and O–H groups in total. The molecule has 1 heterocycles. The van der Waals surface area contributed by atoms with E-state index >= 15 is 0 Å². The van der Waals surface area contributed by atoms with Gasteiger partial charge in [0.05, 0.1) is 13.2 Å². The summed E-state index contributed by atoms with van der Waals surface area (Å²) >= 11 is 1.69. The van der Waals surface area contributed by atoms with Crippen LogP contribution in [0.25, 0.3) is 0 Å². The summed E-state index contributed by atoms with van der Waals surface area (Å²) in [5.74, 6) is -0.180. The zero-order valence-corrected chi connectivity index (χ0v) is 10.3. The average molecular weight is 239 g/mol. The van der Waals surface area contributed by atoms with Crippen LogP contribution >= 0.6 is 11.3 Å². The van der Waals surface area contributed by atoms with E-state index in [1.807, 2.05) is 23.3 Å². The minimum atomic E-state index is -0.180. The number of nitrogens with zero attached hydrogens (tertiary/aromatic N) is 1. The van der Waals surface area contributed by atoms with Gasteiger partial charge in [0, 0.05) is 18.0 Å². The molecule has 1 aromatic rings. The summed E-state index contributed by atoms with van der Waals surface area (Å²) in [6.07, 6.45) is 1.80. The summed E-state index contributed by atoms with van der Waals surface area (Å²) in [7, 11) is 0. The fourth-order valence-electron chi connectivity index (χ4n) is 1.38. The number of ether oxygens (including phenoxy) is 1. The summed E-state index contributed by atoms with van der Waals surface area (Å²) in [6.45, 7) is 7.71. The molecule has 0 spiro atoms. The maximum atomic E-state index is 11.4. The number of carbonyl (C=O) groups excluding carboxylic acids is 1. The molecule has 0 atom stereocenters. The number of carbonyl (C=O) groups is 1. The fourth-order valence-corrected chi connectivity index (χ4v) is 2.13. The van der Waals surface area contributed by atoms with Gasteiger partial charge in [-0.25, -0.2) is 0 Å². The molecule has 0 radical (unpaired) electrons. The van der Waals surface area contributed by atoms with E-state index in [1.165, 1.54) is 4.88 Å². The van der Waals surface area contributed by atoms with Crippen LogP contribution in [0.15, 0.2) is 30.2 Å². The van der Waals surface area contributed by atoms with Crippen molar-refractivity contribution in [3.05, 3.63) is 35.0 Å². The van der Waals surface area contributed by atoms with Crippen LogP contribution in [0, 0.1) is 0 Å². The summed E-state index contributed by atoms with van der Waals surface area (Å²) in [5, 5.41) is 2.03. The first kappa shape index (κ1) is 12.9. The molecule has 0 saturated heterocycles. The van der Waals surface area contributed by atoms with E-state index in [4.69, 9.17) is 4.74 Å². The van der Waals surface area contributed by atoms with Crippen molar-refractivity contribution in [1.82, 2.24) is 4.90 Å². The molecule has 0 aromatic carbocycles. The minimum absolute atomic E-state index is 0.180. The Morgan fingerprint density at radius 1 is 1.69 bits per heavy atom. The molecule has 0 unspecified atom stereocenters. The van der Waals surface area contributed by atoms with Gasteiger partial charge in [0.2, 0.25) is 0 Å². The molecule has 0 fully saturated rings. The zero-order valence-electron chi connectivity index (χ0n) is 9.52. The van der Waals surface area contributed by atoms with Crippen LogP contribution in [0.5, 0.6) is 0 Å². The highest BCUT2D eigenvalue weighted by Gasteiger charge is 2.10. The molecule has 3 nitrogen and oxygen atoms in total. The third-order valence-electron chi connectivity index (χ3n) is 2.00. The molecule has 0 aliphatic heterocycles. The third-order valence-corrected chi connectivity index (χ3v) is 2.87. The second-order valence-corrected chi connectivity index (χ2v) is 4.37. The highest BCUT2D eigenvalue weighted by Crippen LogP contribution is 2.11. The molecular weight excluding hydrogens is 222 g/mol. The lowest BCUT2D eigenvalue weighted by Crippen LogP contribution is -2.30. The molecule has 4 heteroatoms. The summed E-state index contributed by atoms with van der Waals surface area (Å²) < 4.78 is 4.93. The molecular formula is C12H17NO2S. The Balaban J connectivity index is 2.47. The van der Waals surface area contributed by atoms with Crippen molar-refractivity contribution in [2.75, 3.05) is 19.7 Å². The second kappa shape index (κ2) is 7.19. The molecule has 1 aromatic heterocycles. The Labute approximate surface area is 100 Å².